The predicted molar refractivity (Wildman–Crippen MR) is 120 cm³/mol. The largest absolute Gasteiger partial charge is 0.473 e. The zero-order chi connectivity index (χ0) is 23.7. The minimum atomic E-state index is -0.540. The SMILES string of the molecule is CC1(C)OCC(N2CC=C(c3ccc(N4C(=O)OC[C@H]4COc4ccon4)cc3F)CC2)CO1. The summed E-state index contributed by atoms with van der Waals surface area (Å²) < 4.78 is 42.2. The third-order valence-corrected chi connectivity index (χ3v) is 6.38. The quantitative estimate of drug-likeness (QED) is 0.631. The number of nitrogens with zero attached hydrogens (tertiary/aromatic N) is 3. The summed E-state index contributed by atoms with van der Waals surface area (Å²) in [6, 6.07) is 6.21. The van der Waals surface area contributed by atoms with Crippen LogP contribution in [0, 0.1) is 5.82 Å². The van der Waals surface area contributed by atoms with Gasteiger partial charge in [-0.2, -0.15) is 0 Å². The average molecular weight is 474 g/mol. The number of aromatic nitrogens is 1. The van der Waals surface area contributed by atoms with Crippen molar-refractivity contribution in [3.8, 4) is 5.88 Å². The number of ether oxygens (including phenoxy) is 4. The van der Waals surface area contributed by atoms with Gasteiger partial charge in [-0.05, 0) is 49.2 Å². The molecule has 0 unspecified atom stereocenters. The first-order chi connectivity index (χ1) is 16.4. The van der Waals surface area contributed by atoms with Crippen LogP contribution < -0.4 is 9.64 Å². The fraction of sp³-hybridized carbons (Fsp3) is 0.500. The van der Waals surface area contributed by atoms with E-state index in [9.17, 15) is 4.79 Å². The zero-order valence-electron chi connectivity index (χ0n) is 19.2. The Balaban J connectivity index is 1.24. The Kier molecular flexibility index (Phi) is 6.28. The van der Waals surface area contributed by atoms with Crippen LogP contribution >= 0.6 is 0 Å². The fourth-order valence-electron chi connectivity index (χ4n) is 4.43. The predicted octanol–water partition coefficient (Wildman–Crippen LogP) is 3.46. The van der Waals surface area contributed by atoms with Gasteiger partial charge in [0.1, 0.15) is 31.3 Å². The number of hydrogen-bond acceptors (Lipinski definition) is 8. The standard InChI is InChI=1S/C24H28FN3O6/c1-24(2)32-14-18(15-33-24)27-8-5-16(6-9-27)20-4-3-17(11-21(20)25)28-19(13-31-23(28)29)12-30-22-7-10-34-26-22/h3-5,7,10-11,18-19H,6,8-9,12-15H2,1-2H3/t19-/m1/s1. The van der Waals surface area contributed by atoms with E-state index in [0.29, 0.717) is 36.9 Å². The molecular formula is C24H28FN3O6. The fourth-order valence-corrected chi connectivity index (χ4v) is 4.43. The summed E-state index contributed by atoms with van der Waals surface area (Å²) in [4.78, 5) is 16.0. The summed E-state index contributed by atoms with van der Waals surface area (Å²) in [5.41, 5.74) is 1.92. The molecule has 0 N–H and O–H groups in total. The molecule has 3 aliphatic heterocycles. The van der Waals surface area contributed by atoms with E-state index >= 15 is 4.39 Å². The van der Waals surface area contributed by atoms with Gasteiger partial charge in [0.15, 0.2) is 5.79 Å². The Hall–Kier alpha value is -2.95. The molecule has 0 spiro atoms. The van der Waals surface area contributed by atoms with Gasteiger partial charge in [0.05, 0.1) is 24.9 Å². The molecule has 2 saturated heterocycles. The van der Waals surface area contributed by atoms with Crippen LogP contribution in [0.1, 0.15) is 25.8 Å². The first-order valence-electron chi connectivity index (χ1n) is 11.4. The second-order valence-electron chi connectivity index (χ2n) is 9.06. The van der Waals surface area contributed by atoms with Crippen LogP contribution in [0.3, 0.4) is 0 Å². The van der Waals surface area contributed by atoms with E-state index in [1.54, 1.807) is 18.2 Å². The molecule has 9 nitrogen and oxygen atoms in total. The van der Waals surface area contributed by atoms with Crippen LogP contribution in [0.5, 0.6) is 5.88 Å². The van der Waals surface area contributed by atoms with Crippen molar-refractivity contribution < 1.29 is 32.7 Å². The Morgan fingerprint density at radius 2 is 2.03 bits per heavy atom. The van der Waals surface area contributed by atoms with Crippen LogP contribution in [0.4, 0.5) is 14.9 Å². The topological polar surface area (TPSA) is 86.5 Å². The van der Waals surface area contributed by atoms with Gasteiger partial charge in [-0.25, -0.2) is 9.18 Å². The lowest BCUT2D eigenvalue weighted by atomic mass is 9.97. The van der Waals surface area contributed by atoms with E-state index in [2.05, 4.69) is 16.1 Å². The number of carbonyl (C=O) groups is 1. The number of halogens is 1. The van der Waals surface area contributed by atoms with Crippen molar-refractivity contribution >= 4 is 17.4 Å². The molecule has 10 heteroatoms. The van der Waals surface area contributed by atoms with Gasteiger partial charge in [-0.3, -0.25) is 9.80 Å². The Morgan fingerprint density at radius 1 is 1.21 bits per heavy atom. The number of anilines is 1. The molecule has 1 atom stereocenters. The highest BCUT2D eigenvalue weighted by Crippen LogP contribution is 2.31. The van der Waals surface area contributed by atoms with Crippen molar-refractivity contribution in [3.63, 3.8) is 0 Å². The lowest BCUT2D eigenvalue weighted by molar-refractivity contribution is -0.263. The molecule has 0 aliphatic carbocycles. The summed E-state index contributed by atoms with van der Waals surface area (Å²) in [5.74, 6) is -0.602. The molecule has 1 aromatic heterocycles. The maximum absolute atomic E-state index is 15.2. The van der Waals surface area contributed by atoms with Crippen LogP contribution in [0.15, 0.2) is 41.1 Å². The zero-order valence-corrected chi connectivity index (χ0v) is 19.2. The third-order valence-electron chi connectivity index (χ3n) is 6.38. The van der Waals surface area contributed by atoms with E-state index in [1.165, 1.54) is 17.2 Å². The molecule has 1 amide bonds. The first kappa shape index (κ1) is 22.8. The van der Waals surface area contributed by atoms with Crippen molar-refractivity contribution in [3.05, 3.63) is 48.0 Å². The van der Waals surface area contributed by atoms with Gasteiger partial charge in [-0.15, -0.1) is 0 Å². The molecule has 3 aliphatic rings. The number of amides is 1. The molecule has 1 aromatic carbocycles. The molecule has 0 radical (unpaired) electrons. The first-order valence-corrected chi connectivity index (χ1v) is 11.4. The Morgan fingerprint density at radius 3 is 2.71 bits per heavy atom. The molecule has 2 aromatic rings. The van der Waals surface area contributed by atoms with Crippen LogP contribution in [0.25, 0.3) is 5.57 Å². The minimum Gasteiger partial charge on any atom is -0.473 e. The van der Waals surface area contributed by atoms with Gasteiger partial charge in [0.2, 0.25) is 0 Å². The van der Waals surface area contributed by atoms with Crippen molar-refractivity contribution in [2.24, 2.45) is 0 Å². The van der Waals surface area contributed by atoms with E-state index in [0.717, 1.165) is 18.5 Å². The second-order valence-corrected chi connectivity index (χ2v) is 9.06. The Bertz CT molecular complexity index is 1050. The van der Waals surface area contributed by atoms with E-state index < -0.39 is 17.9 Å². The monoisotopic (exact) mass is 473 g/mol. The summed E-state index contributed by atoms with van der Waals surface area (Å²) in [6.45, 7) is 6.86. The van der Waals surface area contributed by atoms with Gasteiger partial charge in [-0.1, -0.05) is 6.08 Å². The smallest absolute Gasteiger partial charge is 0.414 e. The second kappa shape index (κ2) is 9.36. The number of carbonyl (C=O) groups excluding carboxylic acids is 1. The number of cyclic esters (lactones) is 1. The number of benzene rings is 1. The van der Waals surface area contributed by atoms with Gasteiger partial charge < -0.3 is 23.5 Å². The summed E-state index contributed by atoms with van der Waals surface area (Å²) in [6.07, 6.45) is 3.64. The van der Waals surface area contributed by atoms with Crippen molar-refractivity contribution in [1.29, 1.82) is 0 Å². The van der Waals surface area contributed by atoms with Crippen LogP contribution in [-0.2, 0) is 14.2 Å². The van der Waals surface area contributed by atoms with Crippen molar-refractivity contribution in [1.82, 2.24) is 10.1 Å². The highest BCUT2D eigenvalue weighted by molar-refractivity contribution is 5.90. The van der Waals surface area contributed by atoms with E-state index in [1.807, 2.05) is 13.8 Å². The lowest BCUT2D eigenvalue weighted by Crippen LogP contribution is -2.51. The minimum absolute atomic E-state index is 0.146. The summed E-state index contributed by atoms with van der Waals surface area (Å²) in [7, 11) is 0. The van der Waals surface area contributed by atoms with Crippen LogP contribution in [0.2, 0.25) is 0 Å². The highest BCUT2D eigenvalue weighted by atomic mass is 19.1. The molecule has 182 valence electrons. The van der Waals surface area contributed by atoms with E-state index in [4.69, 9.17) is 23.5 Å². The van der Waals surface area contributed by atoms with Gasteiger partial charge >= 0.3 is 6.09 Å². The average Bonchev–Trinajstić information content (AvgIpc) is 3.47. The molecule has 2 fully saturated rings. The summed E-state index contributed by atoms with van der Waals surface area (Å²) >= 11 is 0. The van der Waals surface area contributed by atoms with Gasteiger partial charge in [0.25, 0.3) is 5.88 Å². The third kappa shape index (κ3) is 4.79. The molecule has 4 heterocycles. The maximum atomic E-state index is 15.2. The molecule has 0 bridgehead atoms. The van der Waals surface area contributed by atoms with Crippen molar-refractivity contribution in [2.45, 2.75) is 38.1 Å². The van der Waals surface area contributed by atoms with Crippen LogP contribution in [-0.4, -0.2) is 73.5 Å². The number of rotatable bonds is 6. The van der Waals surface area contributed by atoms with E-state index in [-0.39, 0.29) is 25.1 Å². The lowest BCUT2D eigenvalue weighted by Gasteiger charge is -2.41. The van der Waals surface area contributed by atoms with Crippen molar-refractivity contribution in [2.75, 3.05) is 44.4 Å². The maximum Gasteiger partial charge on any atom is 0.414 e. The Labute approximate surface area is 197 Å². The highest BCUT2D eigenvalue weighted by Gasteiger charge is 2.36. The molecule has 0 saturated carbocycles. The normalized spacial score (nSPS) is 23.6. The molecule has 34 heavy (non-hydrogen) atoms. The summed E-state index contributed by atoms with van der Waals surface area (Å²) in [5, 5.41) is 3.69. The van der Waals surface area contributed by atoms with Gasteiger partial charge in [0, 0.05) is 24.7 Å². The number of hydrogen-bond donors (Lipinski definition) is 0. The molecular weight excluding hydrogens is 445 g/mol. The molecule has 5 rings (SSSR count).